The predicted octanol–water partition coefficient (Wildman–Crippen LogP) is 3.92. The molecular weight excluding hydrogens is 340 g/mol. The molecule has 0 bridgehead atoms. The van der Waals surface area contributed by atoms with Crippen LogP contribution in [-0.4, -0.2) is 34.8 Å². The highest BCUT2D eigenvalue weighted by molar-refractivity contribution is 5.81. The van der Waals surface area contributed by atoms with Gasteiger partial charge in [-0.2, -0.15) is 0 Å². The van der Waals surface area contributed by atoms with E-state index in [1.165, 1.54) is 19.3 Å². The molecule has 0 amide bonds. The number of nitrogens with zero attached hydrogens (tertiary/aromatic N) is 4. The number of fused-ring (bicyclic) bond motifs is 1. The first-order chi connectivity index (χ1) is 13.4. The van der Waals surface area contributed by atoms with E-state index in [1.54, 1.807) is 6.20 Å². The molecule has 0 spiro atoms. The van der Waals surface area contributed by atoms with Gasteiger partial charge in [-0.25, -0.2) is 9.97 Å². The molecule has 0 radical (unpaired) electrons. The molecule has 2 aromatic heterocycles. The van der Waals surface area contributed by atoms with Crippen molar-refractivity contribution in [2.24, 2.45) is 0 Å². The number of ether oxygens (including phenoxy) is 2. The summed E-state index contributed by atoms with van der Waals surface area (Å²) < 4.78 is 11.0. The molecular formula is C21H20N4O2. The van der Waals surface area contributed by atoms with Crippen LogP contribution in [0.15, 0.2) is 48.9 Å². The fourth-order valence-electron chi connectivity index (χ4n) is 3.62. The Hall–Kier alpha value is -3.15. The normalized spacial score (nSPS) is 15.8. The summed E-state index contributed by atoms with van der Waals surface area (Å²) in [7, 11) is 0. The van der Waals surface area contributed by atoms with Gasteiger partial charge in [-0.3, -0.25) is 4.98 Å². The summed E-state index contributed by atoms with van der Waals surface area (Å²) in [6.07, 6.45) is 9.19. The monoisotopic (exact) mass is 360 g/mol. The average molecular weight is 360 g/mol. The lowest BCUT2D eigenvalue weighted by Crippen LogP contribution is -2.31. The van der Waals surface area contributed by atoms with Gasteiger partial charge in [0.05, 0.1) is 5.69 Å². The third kappa shape index (κ3) is 3.07. The highest BCUT2D eigenvalue weighted by Gasteiger charge is 2.20. The van der Waals surface area contributed by atoms with Gasteiger partial charge >= 0.3 is 0 Å². The largest absolute Gasteiger partial charge is 0.454 e. The fraction of sp³-hybridized carbons (Fsp3) is 0.286. The molecule has 2 aliphatic heterocycles. The second-order valence-electron chi connectivity index (χ2n) is 6.79. The average Bonchev–Trinajstić information content (AvgIpc) is 3.22. The first-order valence-electron chi connectivity index (χ1n) is 9.31. The van der Waals surface area contributed by atoms with Crippen molar-refractivity contribution in [2.75, 3.05) is 24.8 Å². The van der Waals surface area contributed by atoms with Gasteiger partial charge in [0.1, 0.15) is 0 Å². The zero-order valence-corrected chi connectivity index (χ0v) is 15.0. The maximum Gasteiger partial charge on any atom is 0.231 e. The molecule has 4 heterocycles. The molecule has 0 atom stereocenters. The Balaban J connectivity index is 1.61. The van der Waals surface area contributed by atoms with Crippen molar-refractivity contribution in [3.63, 3.8) is 0 Å². The zero-order chi connectivity index (χ0) is 18.1. The molecule has 0 N–H and O–H groups in total. The minimum Gasteiger partial charge on any atom is -0.454 e. The van der Waals surface area contributed by atoms with Crippen molar-refractivity contribution >= 4 is 5.95 Å². The Kier molecular flexibility index (Phi) is 4.08. The summed E-state index contributed by atoms with van der Waals surface area (Å²) in [6, 6.07) is 9.91. The number of hydrogen-bond donors (Lipinski definition) is 0. The van der Waals surface area contributed by atoms with E-state index in [-0.39, 0.29) is 6.79 Å². The van der Waals surface area contributed by atoms with Crippen LogP contribution in [0.25, 0.3) is 22.4 Å². The summed E-state index contributed by atoms with van der Waals surface area (Å²) in [5.41, 5.74) is 3.83. The van der Waals surface area contributed by atoms with Crippen LogP contribution in [-0.2, 0) is 0 Å². The second-order valence-corrected chi connectivity index (χ2v) is 6.79. The van der Waals surface area contributed by atoms with Crippen LogP contribution >= 0.6 is 0 Å². The van der Waals surface area contributed by atoms with Crippen molar-refractivity contribution in [1.29, 1.82) is 0 Å². The molecule has 3 aromatic rings. The fourth-order valence-corrected chi connectivity index (χ4v) is 3.62. The van der Waals surface area contributed by atoms with Crippen LogP contribution in [0.1, 0.15) is 19.3 Å². The lowest BCUT2D eigenvalue weighted by Gasteiger charge is -2.27. The minimum atomic E-state index is 0.263. The zero-order valence-electron chi connectivity index (χ0n) is 15.0. The van der Waals surface area contributed by atoms with E-state index in [0.717, 1.165) is 52.9 Å². The smallest absolute Gasteiger partial charge is 0.231 e. The third-order valence-electron chi connectivity index (χ3n) is 5.03. The van der Waals surface area contributed by atoms with E-state index < -0.39 is 0 Å². The molecule has 0 saturated carbocycles. The highest BCUT2D eigenvalue weighted by atomic mass is 16.7. The minimum absolute atomic E-state index is 0.263. The van der Waals surface area contributed by atoms with Gasteiger partial charge in [0, 0.05) is 42.8 Å². The number of hydrogen-bond acceptors (Lipinski definition) is 6. The van der Waals surface area contributed by atoms with Crippen molar-refractivity contribution in [2.45, 2.75) is 19.3 Å². The van der Waals surface area contributed by atoms with E-state index in [4.69, 9.17) is 14.5 Å². The maximum absolute atomic E-state index is 5.54. The van der Waals surface area contributed by atoms with Gasteiger partial charge < -0.3 is 14.4 Å². The van der Waals surface area contributed by atoms with Crippen molar-refractivity contribution < 1.29 is 9.47 Å². The predicted molar refractivity (Wildman–Crippen MR) is 103 cm³/mol. The second kappa shape index (κ2) is 6.87. The van der Waals surface area contributed by atoms with Gasteiger partial charge in [-0.05, 0) is 49.1 Å². The number of benzene rings is 1. The summed E-state index contributed by atoms with van der Waals surface area (Å²) in [4.78, 5) is 16.2. The summed E-state index contributed by atoms with van der Waals surface area (Å²) in [5.74, 6) is 2.32. The molecule has 0 unspecified atom stereocenters. The first kappa shape index (κ1) is 16.1. The van der Waals surface area contributed by atoms with Crippen LogP contribution in [0.3, 0.4) is 0 Å². The molecule has 1 saturated heterocycles. The Morgan fingerprint density at radius 1 is 0.889 bits per heavy atom. The quantitative estimate of drug-likeness (QED) is 0.705. The van der Waals surface area contributed by atoms with Crippen molar-refractivity contribution in [3.05, 3.63) is 48.9 Å². The summed E-state index contributed by atoms with van der Waals surface area (Å²) in [6.45, 7) is 2.28. The number of piperidine rings is 1. The Morgan fingerprint density at radius 2 is 1.78 bits per heavy atom. The molecule has 0 aliphatic carbocycles. The van der Waals surface area contributed by atoms with Crippen LogP contribution in [0, 0.1) is 0 Å². The Labute approximate surface area is 157 Å². The highest BCUT2D eigenvalue weighted by Crippen LogP contribution is 2.38. The molecule has 1 fully saturated rings. The molecule has 27 heavy (non-hydrogen) atoms. The van der Waals surface area contributed by atoms with Crippen LogP contribution in [0.5, 0.6) is 11.5 Å². The Bertz CT molecular complexity index is 956. The van der Waals surface area contributed by atoms with Crippen molar-refractivity contribution in [1.82, 2.24) is 15.0 Å². The SMILES string of the molecule is c1cncc(-c2nc(N3CCCCC3)ncc2-c2ccc3c(c2)OCO3)c1. The maximum atomic E-state index is 5.54. The van der Waals surface area contributed by atoms with E-state index in [2.05, 4.69) is 14.9 Å². The lowest BCUT2D eigenvalue weighted by atomic mass is 10.0. The van der Waals surface area contributed by atoms with Gasteiger partial charge in [-0.1, -0.05) is 6.07 Å². The van der Waals surface area contributed by atoms with Crippen LogP contribution in [0.4, 0.5) is 5.95 Å². The molecule has 5 rings (SSSR count). The number of rotatable bonds is 3. The van der Waals surface area contributed by atoms with E-state index in [9.17, 15) is 0 Å². The molecule has 2 aliphatic rings. The first-order valence-corrected chi connectivity index (χ1v) is 9.31. The number of anilines is 1. The summed E-state index contributed by atoms with van der Waals surface area (Å²) >= 11 is 0. The number of aromatic nitrogens is 3. The van der Waals surface area contributed by atoms with Gasteiger partial charge in [0.15, 0.2) is 11.5 Å². The summed E-state index contributed by atoms with van der Waals surface area (Å²) in [5, 5.41) is 0. The van der Waals surface area contributed by atoms with Gasteiger partial charge in [0.2, 0.25) is 12.7 Å². The lowest BCUT2D eigenvalue weighted by molar-refractivity contribution is 0.174. The topological polar surface area (TPSA) is 60.4 Å². The van der Waals surface area contributed by atoms with Crippen LogP contribution < -0.4 is 14.4 Å². The van der Waals surface area contributed by atoms with Crippen molar-refractivity contribution in [3.8, 4) is 33.9 Å². The van der Waals surface area contributed by atoms with E-state index in [1.807, 2.05) is 42.7 Å². The third-order valence-corrected chi connectivity index (χ3v) is 5.03. The van der Waals surface area contributed by atoms with E-state index in [0.29, 0.717) is 0 Å². The van der Waals surface area contributed by atoms with Gasteiger partial charge in [-0.15, -0.1) is 0 Å². The molecule has 6 heteroatoms. The Morgan fingerprint density at radius 3 is 2.63 bits per heavy atom. The number of pyridine rings is 1. The molecule has 1 aromatic carbocycles. The molecule has 6 nitrogen and oxygen atoms in total. The molecule has 136 valence electrons. The standard InChI is InChI=1S/C21H20N4O2/c1-2-9-25(10-3-1)21-23-13-17(20(24-21)16-5-4-8-22-12-16)15-6-7-18-19(11-15)27-14-26-18/h4-8,11-13H,1-3,9-10,14H2. The van der Waals surface area contributed by atoms with E-state index >= 15 is 0 Å². The van der Waals surface area contributed by atoms with Crippen LogP contribution in [0.2, 0.25) is 0 Å². The van der Waals surface area contributed by atoms with Gasteiger partial charge in [0.25, 0.3) is 0 Å².